The number of benzene rings is 1. The van der Waals surface area contributed by atoms with E-state index in [1.807, 2.05) is 0 Å². The van der Waals surface area contributed by atoms with Gasteiger partial charge in [0.05, 0.1) is 4.90 Å². The molecule has 7 heteroatoms. The van der Waals surface area contributed by atoms with Crippen LogP contribution in [-0.4, -0.2) is 26.8 Å². The van der Waals surface area contributed by atoms with Gasteiger partial charge in [0.1, 0.15) is 0 Å². The largest absolute Gasteiger partial charge is 0.242 e. The van der Waals surface area contributed by atoms with E-state index in [1.54, 1.807) is 19.1 Å². The van der Waals surface area contributed by atoms with E-state index in [2.05, 4.69) is 10.0 Å². The predicted octanol–water partition coefficient (Wildman–Crippen LogP) is 2.19. The van der Waals surface area contributed by atoms with Gasteiger partial charge in [0.25, 0.3) is 0 Å². The molecule has 0 aliphatic heterocycles. The zero-order chi connectivity index (χ0) is 12.3. The number of rotatable bonds is 3. The molecule has 1 rings (SSSR count). The van der Waals surface area contributed by atoms with E-state index in [0.29, 0.717) is 5.56 Å². The van der Waals surface area contributed by atoms with Crippen LogP contribution in [0.1, 0.15) is 5.56 Å². The van der Waals surface area contributed by atoms with Crippen LogP contribution in [0.5, 0.6) is 0 Å². The molecule has 0 atom stereocenters. The van der Waals surface area contributed by atoms with Gasteiger partial charge in [-0.3, -0.25) is 0 Å². The van der Waals surface area contributed by atoms with Crippen molar-refractivity contribution < 1.29 is 8.42 Å². The Labute approximate surface area is 94.2 Å². The van der Waals surface area contributed by atoms with Gasteiger partial charge in [0, 0.05) is 24.7 Å². The van der Waals surface area contributed by atoms with Crippen LogP contribution in [0.25, 0.3) is 10.4 Å². The minimum atomic E-state index is -3.50. The van der Waals surface area contributed by atoms with E-state index in [4.69, 9.17) is 5.53 Å². The number of sulfonamides is 1. The lowest BCUT2D eigenvalue weighted by atomic mass is 10.2. The molecule has 0 spiro atoms. The molecule has 16 heavy (non-hydrogen) atoms. The number of hydrogen-bond acceptors (Lipinski definition) is 3. The molecular formula is C9H12N4O2S. The Morgan fingerprint density at radius 2 is 2.00 bits per heavy atom. The third-order valence-electron chi connectivity index (χ3n) is 2.09. The van der Waals surface area contributed by atoms with Crippen LogP contribution in [0.15, 0.2) is 28.2 Å². The standard InChI is InChI=1S/C9H12N4O2S/c1-7-4-5-8(11-12-10)6-9(7)16(14,15)13(2)3/h4-6H,1-3H3. The Morgan fingerprint density at radius 3 is 2.50 bits per heavy atom. The van der Waals surface area contributed by atoms with Crippen molar-refractivity contribution in [2.24, 2.45) is 5.11 Å². The zero-order valence-corrected chi connectivity index (χ0v) is 10.1. The minimum Gasteiger partial charge on any atom is -0.207 e. The van der Waals surface area contributed by atoms with Gasteiger partial charge in [-0.15, -0.1) is 0 Å². The van der Waals surface area contributed by atoms with Crippen LogP contribution in [0.3, 0.4) is 0 Å². The normalized spacial score (nSPS) is 11.2. The first-order valence-corrected chi connectivity index (χ1v) is 5.92. The van der Waals surface area contributed by atoms with Gasteiger partial charge in [0.2, 0.25) is 10.0 Å². The molecule has 0 amide bonds. The summed E-state index contributed by atoms with van der Waals surface area (Å²) in [5.74, 6) is 0. The minimum absolute atomic E-state index is 0.155. The van der Waals surface area contributed by atoms with E-state index >= 15 is 0 Å². The van der Waals surface area contributed by atoms with Gasteiger partial charge in [-0.05, 0) is 24.1 Å². The summed E-state index contributed by atoms with van der Waals surface area (Å²) in [6.45, 7) is 1.69. The Bertz CT molecular complexity index is 545. The van der Waals surface area contributed by atoms with Crippen LogP contribution in [0, 0.1) is 6.92 Å². The third kappa shape index (κ3) is 2.33. The average molecular weight is 240 g/mol. The summed E-state index contributed by atoms with van der Waals surface area (Å²) >= 11 is 0. The van der Waals surface area contributed by atoms with Gasteiger partial charge in [-0.25, -0.2) is 12.7 Å². The average Bonchev–Trinajstić information content (AvgIpc) is 2.20. The Hall–Kier alpha value is -1.56. The molecule has 0 saturated carbocycles. The highest BCUT2D eigenvalue weighted by Crippen LogP contribution is 2.23. The third-order valence-corrected chi connectivity index (χ3v) is 4.05. The van der Waals surface area contributed by atoms with Crippen LogP contribution >= 0.6 is 0 Å². The fraction of sp³-hybridized carbons (Fsp3) is 0.333. The molecule has 0 aliphatic carbocycles. The second kappa shape index (κ2) is 4.52. The van der Waals surface area contributed by atoms with Crippen LogP contribution in [0.2, 0.25) is 0 Å². The van der Waals surface area contributed by atoms with Crippen molar-refractivity contribution in [2.45, 2.75) is 11.8 Å². The van der Waals surface area contributed by atoms with Gasteiger partial charge in [-0.1, -0.05) is 17.2 Å². The maximum absolute atomic E-state index is 11.9. The number of azide groups is 1. The molecule has 1 aromatic rings. The maximum atomic E-state index is 11.9. The molecule has 6 nitrogen and oxygen atoms in total. The SMILES string of the molecule is Cc1ccc(N=[N+]=[N-])cc1S(=O)(=O)N(C)C. The van der Waals surface area contributed by atoms with Crippen molar-refractivity contribution in [3.05, 3.63) is 34.2 Å². The summed E-state index contributed by atoms with van der Waals surface area (Å²) in [6, 6.07) is 4.55. The Balaban J connectivity index is 3.44. The predicted molar refractivity (Wildman–Crippen MR) is 60.9 cm³/mol. The molecule has 0 bridgehead atoms. The van der Waals surface area contributed by atoms with E-state index in [9.17, 15) is 8.42 Å². The maximum Gasteiger partial charge on any atom is 0.242 e. The molecule has 0 aliphatic rings. The van der Waals surface area contributed by atoms with E-state index < -0.39 is 10.0 Å². The first kappa shape index (κ1) is 12.5. The lowest BCUT2D eigenvalue weighted by molar-refractivity contribution is 0.520. The van der Waals surface area contributed by atoms with Gasteiger partial charge >= 0.3 is 0 Å². The molecule has 86 valence electrons. The molecule has 0 radical (unpaired) electrons. The monoisotopic (exact) mass is 240 g/mol. The number of nitrogens with zero attached hydrogens (tertiary/aromatic N) is 4. The highest BCUT2D eigenvalue weighted by molar-refractivity contribution is 7.89. The lowest BCUT2D eigenvalue weighted by Crippen LogP contribution is -2.22. The highest BCUT2D eigenvalue weighted by Gasteiger charge is 2.19. The van der Waals surface area contributed by atoms with Crippen molar-refractivity contribution in [1.29, 1.82) is 0 Å². The van der Waals surface area contributed by atoms with E-state index in [1.165, 1.54) is 20.2 Å². The van der Waals surface area contributed by atoms with Crippen molar-refractivity contribution in [3.8, 4) is 0 Å². The first-order valence-electron chi connectivity index (χ1n) is 4.48. The van der Waals surface area contributed by atoms with Gasteiger partial charge < -0.3 is 0 Å². The Kier molecular flexibility index (Phi) is 3.54. The van der Waals surface area contributed by atoms with Crippen molar-refractivity contribution in [3.63, 3.8) is 0 Å². The van der Waals surface area contributed by atoms with Crippen LogP contribution in [-0.2, 0) is 10.0 Å². The topological polar surface area (TPSA) is 86.1 Å². The summed E-state index contributed by atoms with van der Waals surface area (Å²) in [4.78, 5) is 2.78. The summed E-state index contributed by atoms with van der Waals surface area (Å²) in [5, 5.41) is 3.38. The summed E-state index contributed by atoms with van der Waals surface area (Å²) in [7, 11) is -0.592. The van der Waals surface area contributed by atoms with Crippen LogP contribution < -0.4 is 0 Å². The van der Waals surface area contributed by atoms with Crippen LogP contribution in [0.4, 0.5) is 5.69 Å². The number of hydrogen-bond donors (Lipinski definition) is 0. The molecule has 0 N–H and O–H groups in total. The molecule has 0 saturated heterocycles. The van der Waals surface area contributed by atoms with E-state index in [0.717, 1.165) is 4.31 Å². The summed E-state index contributed by atoms with van der Waals surface area (Å²) in [5.41, 5.74) is 9.19. The smallest absolute Gasteiger partial charge is 0.207 e. The molecular weight excluding hydrogens is 228 g/mol. The fourth-order valence-electron chi connectivity index (χ4n) is 1.18. The van der Waals surface area contributed by atoms with Gasteiger partial charge in [-0.2, -0.15) is 0 Å². The van der Waals surface area contributed by atoms with Crippen molar-refractivity contribution >= 4 is 15.7 Å². The molecule has 0 fully saturated rings. The second-order valence-electron chi connectivity index (χ2n) is 3.43. The lowest BCUT2D eigenvalue weighted by Gasteiger charge is -2.13. The zero-order valence-electron chi connectivity index (χ0n) is 9.25. The molecule has 0 aromatic heterocycles. The summed E-state index contributed by atoms with van der Waals surface area (Å²) < 4.78 is 24.9. The van der Waals surface area contributed by atoms with Gasteiger partial charge in [0.15, 0.2) is 0 Å². The summed E-state index contributed by atoms with van der Waals surface area (Å²) in [6.07, 6.45) is 0. The molecule has 1 aromatic carbocycles. The number of aryl methyl sites for hydroxylation is 1. The van der Waals surface area contributed by atoms with Crippen molar-refractivity contribution in [1.82, 2.24) is 4.31 Å². The Morgan fingerprint density at radius 1 is 1.38 bits per heavy atom. The molecule has 0 unspecified atom stereocenters. The fourth-order valence-corrected chi connectivity index (χ4v) is 2.32. The molecule has 0 heterocycles. The highest BCUT2D eigenvalue weighted by atomic mass is 32.2. The van der Waals surface area contributed by atoms with E-state index in [-0.39, 0.29) is 10.6 Å². The second-order valence-corrected chi connectivity index (χ2v) is 5.55. The quantitative estimate of drug-likeness (QED) is 0.460. The first-order chi connectivity index (χ1) is 7.39. The van der Waals surface area contributed by atoms with Crippen molar-refractivity contribution in [2.75, 3.05) is 14.1 Å².